The summed E-state index contributed by atoms with van der Waals surface area (Å²) >= 11 is 0. The summed E-state index contributed by atoms with van der Waals surface area (Å²) in [5.74, 6) is -0.976. The Morgan fingerprint density at radius 1 is 1.05 bits per heavy atom. The topological polar surface area (TPSA) is 76.4 Å². The molecule has 0 aromatic heterocycles. The molecule has 0 spiro atoms. The van der Waals surface area contributed by atoms with E-state index in [2.05, 4.69) is 4.74 Å². The molecule has 2 rings (SSSR count). The van der Waals surface area contributed by atoms with Crippen molar-refractivity contribution in [3.8, 4) is 6.07 Å². The number of nitrogens with zero attached hydrogens (tertiary/aromatic N) is 1. The molecule has 110 valence electrons. The summed E-state index contributed by atoms with van der Waals surface area (Å²) in [6.07, 6.45) is 0. The summed E-state index contributed by atoms with van der Waals surface area (Å²) in [4.78, 5) is 23.4. The van der Waals surface area contributed by atoms with E-state index in [1.54, 1.807) is 42.5 Å². The van der Waals surface area contributed by atoms with Gasteiger partial charge in [0.2, 0.25) is 0 Å². The van der Waals surface area contributed by atoms with E-state index in [1.807, 2.05) is 6.07 Å². The number of esters is 2. The normalized spacial score (nSPS) is 9.64. The van der Waals surface area contributed by atoms with Crippen LogP contribution in [0.4, 0.5) is 0 Å². The minimum absolute atomic E-state index is 0.0282. The van der Waals surface area contributed by atoms with Gasteiger partial charge in [0, 0.05) is 0 Å². The highest BCUT2D eigenvalue weighted by Crippen LogP contribution is 2.11. The van der Waals surface area contributed by atoms with Crippen LogP contribution in [0.15, 0.2) is 48.5 Å². The van der Waals surface area contributed by atoms with Crippen LogP contribution in [0.3, 0.4) is 0 Å². The van der Waals surface area contributed by atoms with Crippen LogP contribution in [0, 0.1) is 11.3 Å². The van der Waals surface area contributed by atoms with Gasteiger partial charge in [-0.1, -0.05) is 18.2 Å². The van der Waals surface area contributed by atoms with E-state index >= 15 is 0 Å². The standard InChI is InChI=1S/C17H13NO4/c1-21-16(19)14-6-3-5-13(9-14)11-22-17(20)15-7-2-4-12(8-15)10-18/h2-9H,11H2,1H3. The molecule has 2 aromatic carbocycles. The first kappa shape index (κ1) is 15.3. The van der Waals surface area contributed by atoms with E-state index in [0.717, 1.165) is 0 Å². The predicted molar refractivity (Wildman–Crippen MR) is 78.1 cm³/mol. The molecule has 0 unspecified atom stereocenters. The second-order valence-corrected chi connectivity index (χ2v) is 4.46. The lowest BCUT2D eigenvalue weighted by molar-refractivity contribution is 0.0472. The van der Waals surface area contributed by atoms with Crippen molar-refractivity contribution in [2.24, 2.45) is 0 Å². The fourth-order valence-corrected chi connectivity index (χ4v) is 1.85. The van der Waals surface area contributed by atoms with Crippen LogP contribution in [0.25, 0.3) is 0 Å². The van der Waals surface area contributed by atoms with E-state index < -0.39 is 11.9 Å². The lowest BCUT2D eigenvalue weighted by Gasteiger charge is -2.06. The number of nitriles is 1. The van der Waals surface area contributed by atoms with Crippen molar-refractivity contribution in [3.63, 3.8) is 0 Å². The van der Waals surface area contributed by atoms with E-state index in [9.17, 15) is 9.59 Å². The number of carbonyl (C=O) groups excluding carboxylic acids is 2. The number of hydrogen-bond acceptors (Lipinski definition) is 5. The zero-order valence-electron chi connectivity index (χ0n) is 11.9. The second-order valence-electron chi connectivity index (χ2n) is 4.46. The van der Waals surface area contributed by atoms with Crippen LogP contribution >= 0.6 is 0 Å². The Kier molecular flexibility index (Phi) is 4.89. The third-order valence-electron chi connectivity index (χ3n) is 2.95. The Balaban J connectivity index is 2.05. The molecule has 0 fully saturated rings. The molecule has 0 saturated heterocycles. The highest BCUT2D eigenvalue weighted by Gasteiger charge is 2.10. The molecular weight excluding hydrogens is 282 g/mol. The molecule has 0 amide bonds. The van der Waals surface area contributed by atoms with Gasteiger partial charge in [-0.15, -0.1) is 0 Å². The van der Waals surface area contributed by atoms with Crippen molar-refractivity contribution < 1.29 is 19.1 Å². The Morgan fingerprint density at radius 2 is 1.73 bits per heavy atom. The van der Waals surface area contributed by atoms with Gasteiger partial charge in [0.05, 0.1) is 29.9 Å². The molecule has 0 aliphatic rings. The van der Waals surface area contributed by atoms with Crippen LogP contribution in [0.2, 0.25) is 0 Å². The van der Waals surface area contributed by atoms with E-state index in [4.69, 9.17) is 10.00 Å². The molecule has 0 saturated carbocycles. The van der Waals surface area contributed by atoms with Crippen LogP contribution in [0.1, 0.15) is 31.8 Å². The van der Waals surface area contributed by atoms with Gasteiger partial charge in [-0.05, 0) is 35.9 Å². The fourth-order valence-electron chi connectivity index (χ4n) is 1.85. The summed E-state index contributed by atoms with van der Waals surface area (Å²) in [7, 11) is 1.30. The van der Waals surface area contributed by atoms with Crippen LogP contribution < -0.4 is 0 Å². The number of rotatable bonds is 4. The first-order chi connectivity index (χ1) is 10.6. The molecule has 0 bridgehead atoms. The average molecular weight is 295 g/mol. The van der Waals surface area contributed by atoms with E-state index in [0.29, 0.717) is 22.3 Å². The van der Waals surface area contributed by atoms with Crippen LogP contribution in [0.5, 0.6) is 0 Å². The molecule has 0 radical (unpaired) electrons. The van der Waals surface area contributed by atoms with Crippen molar-refractivity contribution in [1.82, 2.24) is 0 Å². The number of ether oxygens (including phenoxy) is 2. The fraction of sp³-hybridized carbons (Fsp3) is 0.118. The monoisotopic (exact) mass is 295 g/mol. The lowest BCUT2D eigenvalue weighted by Crippen LogP contribution is -2.06. The van der Waals surface area contributed by atoms with Gasteiger partial charge in [-0.2, -0.15) is 5.26 Å². The van der Waals surface area contributed by atoms with Crippen molar-refractivity contribution in [2.45, 2.75) is 6.61 Å². The van der Waals surface area contributed by atoms with Crippen molar-refractivity contribution in [2.75, 3.05) is 7.11 Å². The minimum atomic E-state index is -0.527. The van der Waals surface area contributed by atoms with Gasteiger partial charge in [0.25, 0.3) is 0 Å². The first-order valence-corrected chi connectivity index (χ1v) is 6.48. The second kappa shape index (κ2) is 7.04. The molecule has 5 nitrogen and oxygen atoms in total. The maximum absolute atomic E-state index is 11.9. The summed E-state index contributed by atoms with van der Waals surface area (Å²) in [5.41, 5.74) is 1.76. The minimum Gasteiger partial charge on any atom is -0.465 e. The van der Waals surface area contributed by atoms with Crippen molar-refractivity contribution >= 4 is 11.9 Å². The summed E-state index contributed by atoms with van der Waals surface area (Å²) in [5, 5.41) is 8.81. The Labute approximate surface area is 127 Å². The SMILES string of the molecule is COC(=O)c1cccc(COC(=O)c2cccc(C#N)c2)c1. The Bertz CT molecular complexity index is 746. The van der Waals surface area contributed by atoms with E-state index in [-0.39, 0.29) is 6.61 Å². The predicted octanol–water partition coefficient (Wildman–Crippen LogP) is 2.70. The highest BCUT2D eigenvalue weighted by atomic mass is 16.5. The number of methoxy groups -OCH3 is 1. The smallest absolute Gasteiger partial charge is 0.338 e. The van der Waals surface area contributed by atoms with E-state index in [1.165, 1.54) is 13.2 Å². The zero-order chi connectivity index (χ0) is 15.9. The number of carbonyl (C=O) groups is 2. The molecule has 2 aromatic rings. The molecule has 0 heterocycles. The molecule has 0 aliphatic heterocycles. The zero-order valence-corrected chi connectivity index (χ0v) is 11.9. The summed E-state index contributed by atoms with van der Waals surface area (Å²) < 4.78 is 9.82. The van der Waals surface area contributed by atoms with Crippen LogP contribution in [-0.2, 0) is 16.1 Å². The Morgan fingerprint density at radius 3 is 2.41 bits per heavy atom. The van der Waals surface area contributed by atoms with Crippen molar-refractivity contribution in [3.05, 3.63) is 70.8 Å². The highest BCUT2D eigenvalue weighted by molar-refractivity contribution is 5.90. The largest absolute Gasteiger partial charge is 0.465 e. The quantitative estimate of drug-likeness (QED) is 0.810. The molecular formula is C17H13NO4. The van der Waals surface area contributed by atoms with Crippen LogP contribution in [-0.4, -0.2) is 19.0 Å². The maximum atomic E-state index is 11.9. The molecule has 22 heavy (non-hydrogen) atoms. The molecule has 0 aliphatic carbocycles. The average Bonchev–Trinajstić information content (AvgIpc) is 2.59. The molecule has 0 N–H and O–H groups in total. The van der Waals surface area contributed by atoms with Gasteiger partial charge in [-0.3, -0.25) is 0 Å². The third kappa shape index (κ3) is 3.70. The number of hydrogen-bond donors (Lipinski definition) is 0. The van der Waals surface area contributed by atoms with Gasteiger partial charge in [-0.25, -0.2) is 9.59 Å². The van der Waals surface area contributed by atoms with Gasteiger partial charge >= 0.3 is 11.9 Å². The first-order valence-electron chi connectivity index (χ1n) is 6.48. The third-order valence-corrected chi connectivity index (χ3v) is 2.95. The number of benzene rings is 2. The van der Waals surface area contributed by atoms with Gasteiger partial charge < -0.3 is 9.47 Å². The summed E-state index contributed by atoms with van der Waals surface area (Å²) in [6, 6.07) is 14.9. The van der Waals surface area contributed by atoms with Crippen molar-refractivity contribution in [1.29, 1.82) is 5.26 Å². The lowest BCUT2D eigenvalue weighted by atomic mass is 10.1. The molecule has 0 atom stereocenters. The van der Waals surface area contributed by atoms with Gasteiger partial charge in [0.15, 0.2) is 0 Å². The maximum Gasteiger partial charge on any atom is 0.338 e. The van der Waals surface area contributed by atoms with Gasteiger partial charge in [0.1, 0.15) is 6.61 Å². The Hall–Kier alpha value is -3.13. The molecule has 5 heteroatoms. The summed E-state index contributed by atoms with van der Waals surface area (Å²) in [6.45, 7) is 0.0282.